The van der Waals surface area contributed by atoms with Crippen LogP contribution in [0.2, 0.25) is 0 Å². The van der Waals surface area contributed by atoms with Crippen molar-refractivity contribution in [2.45, 2.75) is 19.4 Å². The van der Waals surface area contributed by atoms with Gasteiger partial charge in [0.25, 0.3) is 0 Å². The molecule has 3 heterocycles. The molecule has 1 atom stereocenters. The lowest BCUT2D eigenvalue weighted by Gasteiger charge is -2.38. The van der Waals surface area contributed by atoms with E-state index in [1.54, 1.807) is 11.3 Å². The van der Waals surface area contributed by atoms with Gasteiger partial charge in [-0.3, -0.25) is 9.69 Å². The van der Waals surface area contributed by atoms with Crippen LogP contribution in [0.15, 0.2) is 17.5 Å². The lowest BCUT2D eigenvalue weighted by molar-refractivity contribution is -0.138. The van der Waals surface area contributed by atoms with Crippen LogP contribution >= 0.6 is 11.3 Å². The molecule has 2 saturated heterocycles. The topological polar surface area (TPSA) is 60.9 Å². The van der Waals surface area contributed by atoms with E-state index in [9.17, 15) is 13.2 Å². The summed E-state index contributed by atoms with van der Waals surface area (Å²) in [5.74, 6) is -0.0588. The predicted octanol–water partition coefficient (Wildman–Crippen LogP) is 1.06. The van der Waals surface area contributed by atoms with Gasteiger partial charge in [-0.15, -0.1) is 11.3 Å². The number of rotatable bonds is 4. The largest absolute Gasteiger partial charge is 0.340 e. The lowest BCUT2D eigenvalue weighted by Crippen LogP contribution is -2.52. The third-order valence-corrected chi connectivity index (χ3v) is 6.98. The maximum Gasteiger partial charge on any atom is 0.227 e. The van der Waals surface area contributed by atoms with Gasteiger partial charge in [0, 0.05) is 50.7 Å². The monoisotopic (exact) mass is 371 g/mol. The highest BCUT2D eigenvalue weighted by Gasteiger charge is 2.33. The van der Waals surface area contributed by atoms with Gasteiger partial charge in [-0.1, -0.05) is 6.07 Å². The molecule has 0 bridgehead atoms. The van der Waals surface area contributed by atoms with Gasteiger partial charge in [0.15, 0.2) is 0 Å². The van der Waals surface area contributed by atoms with Gasteiger partial charge in [-0.05, 0) is 24.3 Å². The third-order valence-electron chi connectivity index (χ3n) is 4.85. The van der Waals surface area contributed by atoms with Gasteiger partial charge >= 0.3 is 0 Å². The van der Waals surface area contributed by atoms with E-state index in [0.717, 1.165) is 45.6 Å². The van der Waals surface area contributed by atoms with Crippen LogP contribution in [-0.2, 0) is 21.4 Å². The lowest BCUT2D eigenvalue weighted by atomic mass is 9.98. The van der Waals surface area contributed by atoms with Crippen LogP contribution in [0.4, 0.5) is 0 Å². The van der Waals surface area contributed by atoms with Gasteiger partial charge in [-0.2, -0.15) is 0 Å². The number of thiophene rings is 1. The van der Waals surface area contributed by atoms with Crippen LogP contribution in [0.25, 0.3) is 0 Å². The summed E-state index contributed by atoms with van der Waals surface area (Å²) in [4.78, 5) is 18.4. The number of nitrogens with zero attached hydrogens (tertiary/aromatic N) is 3. The molecule has 6 nitrogen and oxygen atoms in total. The highest BCUT2D eigenvalue weighted by Crippen LogP contribution is 2.22. The Bertz CT molecular complexity index is 652. The number of carbonyl (C=O) groups is 1. The van der Waals surface area contributed by atoms with E-state index < -0.39 is 10.0 Å². The van der Waals surface area contributed by atoms with Crippen molar-refractivity contribution >= 4 is 27.3 Å². The van der Waals surface area contributed by atoms with Crippen molar-refractivity contribution in [1.29, 1.82) is 0 Å². The van der Waals surface area contributed by atoms with Crippen LogP contribution in [0.3, 0.4) is 0 Å². The van der Waals surface area contributed by atoms with E-state index in [2.05, 4.69) is 22.4 Å². The normalized spacial score (nSPS) is 24.2. The number of carbonyl (C=O) groups excluding carboxylic acids is 1. The number of hydrogen-bond acceptors (Lipinski definition) is 5. The van der Waals surface area contributed by atoms with E-state index in [4.69, 9.17) is 0 Å². The molecule has 0 N–H and O–H groups in total. The van der Waals surface area contributed by atoms with Crippen molar-refractivity contribution in [3.8, 4) is 0 Å². The summed E-state index contributed by atoms with van der Waals surface area (Å²) in [5.41, 5.74) is 0. The minimum atomic E-state index is -3.21. The molecule has 134 valence electrons. The summed E-state index contributed by atoms with van der Waals surface area (Å²) in [6.45, 7) is 5.06. The highest BCUT2D eigenvalue weighted by molar-refractivity contribution is 7.88. The van der Waals surface area contributed by atoms with Crippen LogP contribution in [0, 0.1) is 5.92 Å². The molecule has 0 radical (unpaired) electrons. The molecular weight excluding hydrogens is 346 g/mol. The van der Waals surface area contributed by atoms with Crippen molar-refractivity contribution in [3.63, 3.8) is 0 Å². The van der Waals surface area contributed by atoms with Crippen molar-refractivity contribution in [2.24, 2.45) is 5.92 Å². The molecular formula is C16H25N3O3S2. The number of sulfonamides is 1. The standard InChI is InChI=1S/C16H25N3O3S2/c1-24(21,22)19-6-2-4-14(12-19)16(20)18-9-7-17(8-10-18)13-15-5-3-11-23-15/h3,5,11,14H,2,4,6-10,12-13H2,1H3. The molecule has 3 rings (SSSR count). The van der Waals surface area contributed by atoms with Crippen molar-refractivity contribution < 1.29 is 13.2 Å². The maximum absolute atomic E-state index is 12.7. The first-order chi connectivity index (χ1) is 11.4. The second-order valence-corrected chi connectivity index (χ2v) is 9.66. The smallest absolute Gasteiger partial charge is 0.227 e. The second kappa shape index (κ2) is 7.51. The number of hydrogen-bond donors (Lipinski definition) is 0. The Morgan fingerprint density at radius 1 is 1.25 bits per heavy atom. The fourth-order valence-electron chi connectivity index (χ4n) is 3.45. The second-order valence-electron chi connectivity index (χ2n) is 6.64. The summed E-state index contributed by atoms with van der Waals surface area (Å²) < 4.78 is 24.9. The first kappa shape index (κ1) is 17.8. The van der Waals surface area contributed by atoms with Crippen LogP contribution in [0.1, 0.15) is 17.7 Å². The Hall–Kier alpha value is -0.960. The average Bonchev–Trinajstić information content (AvgIpc) is 3.07. The Kier molecular flexibility index (Phi) is 5.59. The number of amides is 1. The SMILES string of the molecule is CS(=O)(=O)N1CCCC(C(=O)N2CCN(Cc3cccs3)CC2)C1. The molecule has 0 spiro atoms. The van der Waals surface area contributed by atoms with Crippen molar-refractivity contribution in [2.75, 3.05) is 45.5 Å². The molecule has 0 aromatic carbocycles. The molecule has 2 aliphatic rings. The number of piperidine rings is 1. The average molecular weight is 372 g/mol. The quantitative estimate of drug-likeness (QED) is 0.794. The fourth-order valence-corrected chi connectivity index (χ4v) is 5.11. The van der Waals surface area contributed by atoms with Crippen molar-refractivity contribution in [1.82, 2.24) is 14.1 Å². The minimum Gasteiger partial charge on any atom is -0.340 e. The maximum atomic E-state index is 12.7. The van der Waals surface area contributed by atoms with E-state index in [0.29, 0.717) is 13.1 Å². The van der Waals surface area contributed by atoms with Crippen LogP contribution in [-0.4, -0.2) is 74.0 Å². The summed E-state index contributed by atoms with van der Waals surface area (Å²) in [6, 6.07) is 4.21. The molecule has 1 aromatic rings. The van der Waals surface area contributed by atoms with Gasteiger partial charge in [0.2, 0.25) is 15.9 Å². The van der Waals surface area contributed by atoms with Gasteiger partial charge in [-0.25, -0.2) is 12.7 Å². The fraction of sp³-hybridized carbons (Fsp3) is 0.688. The van der Waals surface area contributed by atoms with Crippen LogP contribution in [0.5, 0.6) is 0 Å². The summed E-state index contributed by atoms with van der Waals surface area (Å²) in [6.07, 6.45) is 2.78. The predicted molar refractivity (Wildman–Crippen MR) is 95.3 cm³/mol. The molecule has 1 unspecified atom stereocenters. The zero-order valence-electron chi connectivity index (χ0n) is 14.1. The van der Waals surface area contributed by atoms with Crippen LogP contribution < -0.4 is 0 Å². The third kappa shape index (κ3) is 4.36. The van der Waals surface area contributed by atoms with Crippen molar-refractivity contribution in [3.05, 3.63) is 22.4 Å². The first-order valence-corrected chi connectivity index (χ1v) is 11.1. The number of piperazine rings is 1. The highest BCUT2D eigenvalue weighted by atomic mass is 32.2. The molecule has 24 heavy (non-hydrogen) atoms. The molecule has 1 amide bonds. The van der Waals surface area contributed by atoms with E-state index >= 15 is 0 Å². The van der Waals surface area contributed by atoms with Gasteiger partial charge in [0.05, 0.1) is 12.2 Å². The molecule has 2 fully saturated rings. The zero-order chi connectivity index (χ0) is 17.2. The van der Waals surface area contributed by atoms with Gasteiger partial charge in [0.1, 0.15) is 0 Å². The molecule has 0 saturated carbocycles. The summed E-state index contributed by atoms with van der Waals surface area (Å²) in [5, 5.41) is 2.09. The Morgan fingerprint density at radius 3 is 2.62 bits per heavy atom. The zero-order valence-corrected chi connectivity index (χ0v) is 15.7. The first-order valence-electron chi connectivity index (χ1n) is 8.42. The summed E-state index contributed by atoms with van der Waals surface area (Å²) in [7, 11) is -3.21. The molecule has 2 aliphatic heterocycles. The Labute approximate surface area is 148 Å². The summed E-state index contributed by atoms with van der Waals surface area (Å²) >= 11 is 1.76. The molecule has 8 heteroatoms. The Morgan fingerprint density at radius 2 is 2.00 bits per heavy atom. The minimum absolute atomic E-state index is 0.124. The Balaban J connectivity index is 1.51. The van der Waals surface area contributed by atoms with E-state index in [-0.39, 0.29) is 11.8 Å². The van der Waals surface area contributed by atoms with E-state index in [1.165, 1.54) is 15.4 Å². The molecule has 0 aliphatic carbocycles. The molecule has 1 aromatic heterocycles. The van der Waals surface area contributed by atoms with Gasteiger partial charge < -0.3 is 4.90 Å². The van der Waals surface area contributed by atoms with E-state index in [1.807, 2.05) is 4.90 Å².